The van der Waals surface area contributed by atoms with E-state index in [1.165, 1.54) is 0 Å². The van der Waals surface area contributed by atoms with Gasteiger partial charge in [0.1, 0.15) is 11.5 Å². The summed E-state index contributed by atoms with van der Waals surface area (Å²) in [6.07, 6.45) is -0.636. The highest BCUT2D eigenvalue weighted by atomic mass is 16.5. The second-order valence-electron chi connectivity index (χ2n) is 6.16. The van der Waals surface area contributed by atoms with Gasteiger partial charge >= 0.3 is 0 Å². The number of fused-ring (bicyclic) bond motifs is 1. The molecular weight excluding hydrogens is 340 g/mol. The van der Waals surface area contributed by atoms with Crippen LogP contribution >= 0.6 is 0 Å². The number of nitrogens with one attached hydrogen (secondary N) is 1. The van der Waals surface area contributed by atoms with Gasteiger partial charge in [-0.2, -0.15) is 5.26 Å². The van der Waals surface area contributed by atoms with Crippen LogP contribution in [-0.4, -0.2) is 19.1 Å². The van der Waals surface area contributed by atoms with Crippen molar-refractivity contribution in [1.82, 2.24) is 5.32 Å². The number of rotatable bonds is 6. The first-order valence-corrected chi connectivity index (χ1v) is 8.60. The quantitative estimate of drug-likeness (QED) is 0.726. The van der Waals surface area contributed by atoms with Gasteiger partial charge in [-0.1, -0.05) is 18.2 Å². The lowest BCUT2D eigenvalue weighted by atomic mass is 10.1. The molecular formula is C22H20N2O3. The summed E-state index contributed by atoms with van der Waals surface area (Å²) in [5.74, 6) is 1.17. The number of methoxy groups -OCH3 is 1. The summed E-state index contributed by atoms with van der Waals surface area (Å²) in [7, 11) is 1.65. The molecule has 0 aliphatic heterocycles. The topological polar surface area (TPSA) is 71.3 Å². The lowest BCUT2D eigenvalue weighted by Crippen LogP contribution is -2.35. The highest BCUT2D eigenvalue weighted by Gasteiger charge is 2.14. The number of amides is 1. The van der Waals surface area contributed by atoms with E-state index in [-0.39, 0.29) is 5.91 Å². The van der Waals surface area contributed by atoms with E-state index in [1.54, 1.807) is 38.3 Å². The maximum Gasteiger partial charge on any atom is 0.261 e. The number of nitriles is 1. The molecule has 0 saturated heterocycles. The van der Waals surface area contributed by atoms with Crippen LogP contribution in [0.4, 0.5) is 0 Å². The maximum absolute atomic E-state index is 12.3. The molecule has 5 nitrogen and oxygen atoms in total. The first kappa shape index (κ1) is 18.3. The summed E-state index contributed by atoms with van der Waals surface area (Å²) < 4.78 is 10.9. The Morgan fingerprint density at radius 3 is 2.41 bits per heavy atom. The Balaban J connectivity index is 1.59. The zero-order chi connectivity index (χ0) is 19.2. The molecule has 0 unspecified atom stereocenters. The molecule has 0 spiro atoms. The second-order valence-corrected chi connectivity index (χ2v) is 6.16. The molecule has 0 radical (unpaired) electrons. The van der Waals surface area contributed by atoms with E-state index in [1.807, 2.05) is 42.5 Å². The molecule has 3 aromatic carbocycles. The van der Waals surface area contributed by atoms with Crippen LogP contribution in [0.15, 0.2) is 60.7 Å². The number of ether oxygens (including phenoxy) is 2. The minimum Gasteiger partial charge on any atom is -0.497 e. The van der Waals surface area contributed by atoms with Crippen molar-refractivity contribution in [2.45, 2.75) is 19.6 Å². The van der Waals surface area contributed by atoms with E-state index in [9.17, 15) is 4.79 Å². The Labute approximate surface area is 158 Å². The minimum atomic E-state index is -0.636. The molecule has 3 rings (SSSR count). The SMILES string of the molecule is COc1ccc2cc(CNC(=O)[C@@H](C)Oc3ccc(C#N)cc3)ccc2c1. The molecule has 0 fully saturated rings. The molecule has 0 heterocycles. The highest BCUT2D eigenvalue weighted by Crippen LogP contribution is 2.22. The molecule has 1 N–H and O–H groups in total. The van der Waals surface area contributed by atoms with Crippen molar-refractivity contribution in [1.29, 1.82) is 5.26 Å². The second kappa shape index (κ2) is 8.24. The molecule has 0 saturated carbocycles. The molecule has 0 bridgehead atoms. The Hall–Kier alpha value is -3.52. The van der Waals surface area contributed by atoms with Crippen LogP contribution in [0.1, 0.15) is 18.1 Å². The zero-order valence-corrected chi connectivity index (χ0v) is 15.2. The lowest BCUT2D eigenvalue weighted by molar-refractivity contribution is -0.127. The average molecular weight is 360 g/mol. The minimum absolute atomic E-state index is 0.200. The van der Waals surface area contributed by atoms with E-state index in [0.717, 1.165) is 22.1 Å². The molecule has 1 atom stereocenters. The molecule has 0 aromatic heterocycles. The Bertz CT molecular complexity index is 991. The first-order chi connectivity index (χ1) is 13.1. The van der Waals surface area contributed by atoms with Gasteiger partial charge in [0.05, 0.1) is 18.7 Å². The van der Waals surface area contributed by atoms with Crippen LogP contribution in [0.2, 0.25) is 0 Å². The fraction of sp³-hybridized carbons (Fsp3) is 0.182. The summed E-state index contributed by atoms with van der Waals surface area (Å²) >= 11 is 0. The third-order valence-corrected chi connectivity index (χ3v) is 4.24. The van der Waals surface area contributed by atoms with Gasteiger partial charge < -0.3 is 14.8 Å². The summed E-state index contributed by atoms with van der Waals surface area (Å²) in [5.41, 5.74) is 1.56. The Morgan fingerprint density at radius 1 is 1.04 bits per heavy atom. The van der Waals surface area contributed by atoms with Crippen LogP contribution in [0, 0.1) is 11.3 Å². The standard InChI is InChI=1S/C22H20N2O3/c1-15(27-20-8-4-16(13-23)5-9-20)22(25)24-14-17-3-6-19-12-21(26-2)10-7-18(19)11-17/h3-12,15H,14H2,1-2H3,(H,24,25)/t15-/m1/s1. The third-order valence-electron chi connectivity index (χ3n) is 4.24. The Morgan fingerprint density at radius 2 is 1.70 bits per heavy atom. The Kier molecular flexibility index (Phi) is 5.58. The summed E-state index contributed by atoms with van der Waals surface area (Å²) in [4.78, 5) is 12.3. The normalized spacial score (nSPS) is 11.4. The third kappa shape index (κ3) is 4.56. The summed E-state index contributed by atoms with van der Waals surface area (Å²) in [5, 5.41) is 13.9. The largest absolute Gasteiger partial charge is 0.497 e. The first-order valence-electron chi connectivity index (χ1n) is 8.60. The average Bonchev–Trinajstić information content (AvgIpc) is 2.71. The molecule has 1 amide bonds. The monoisotopic (exact) mass is 360 g/mol. The number of hydrogen-bond acceptors (Lipinski definition) is 4. The number of benzene rings is 3. The number of carbonyl (C=O) groups excluding carboxylic acids is 1. The summed E-state index contributed by atoms with van der Waals surface area (Å²) in [6, 6.07) is 20.6. The van der Waals surface area contributed by atoms with Gasteiger partial charge in [0.2, 0.25) is 0 Å². The number of carbonyl (C=O) groups is 1. The van der Waals surface area contributed by atoms with Crippen molar-refractivity contribution >= 4 is 16.7 Å². The van der Waals surface area contributed by atoms with Gasteiger partial charge in [-0.15, -0.1) is 0 Å². The number of nitrogens with zero attached hydrogens (tertiary/aromatic N) is 1. The lowest BCUT2D eigenvalue weighted by Gasteiger charge is -2.15. The predicted molar refractivity (Wildman–Crippen MR) is 104 cm³/mol. The molecule has 0 aliphatic carbocycles. The molecule has 27 heavy (non-hydrogen) atoms. The van der Waals surface area contributed by atoms with E-state index in [4.69, 9.17) is 14.7 Å². The van der Waals surface area contributed by atoms with Crippen LogP contribution in [0.3, 0.4) is 0 Å². The van der Waals surface area contributed by atoms with Crippen LogP contribution < -0.4 is 14.8 Å². The van der Waals surface area contributed by atoms with Crippen molar-refractivity contribution in [2.75, 3.05) is 7.11 Å². The zero-order valence-electron chi connectivity index (χ0n) is 15.2. The van der Waals surface area contributed by atoms with Gasteiger partial charge in [-0.25, -0.2) is 0 Å². The fourth-order valence-corrected chi connectivity index (χ4v) is 2.71. The maximum atomic E-state index is 12.3. The molecule has 0 aliphatic rings. The highest BCUT2D eigenvalue weighted by molar-refractivity contribution is 5.85. The van der Waals surface area contributed by atoms with Crippen molar-refractivity contribution < 1.29 is 14.3 Å². The van der Waals surface area contributed by atoms with Crippen molar-refractivity contribution in [3.63, 3.8) is 0 Å². The van der Waals surface area contributed by atoms with E-state index in [2.05, 4.69) is 5.32 Å². The van der Waals surface area contributed by atoms with Crippen LogP contribution in [0.25, 0.3) is 10.8 Å². The van der Waals surface area contributed by atoms with Crippen molar-refractivity contribution in [3.05, 3.63) is 71.8 Å². The van der Waals surface area contributed by atoms with Crippen molar-refractivity contribution in [3.8, 4) is 17.6 Å². The van der Waals surface area contributed by atoms with Crippen molar-refractivity contribution in [2.24, 2.45) is 0 Å². The van der Waals surface area contributed by atoms with Gasteiger partial charge in [-0.05, 0) is 65.7 Å². The summed E-state index contributed by atoms with van der Waals surface area (Å²) in [6.45, 7) is 2.11. The number of hydrogen-bond donors (Lipinski definition) is 1. The molecule has 136 valence electrons. The smallest absolute Gasteiger partial charge is 0.261 e. The van der Waals surface area contributed by atoms with E-state index >= 15 is 0 Å². The van der Waals surface area contributed by atoms with Gasteiger partial charge in [0.15, 0.2) is 6.10 Å². The van der Waals surface area contributed by atoms with Crippen LogP contribution in [0.5, 0.6) is 11.5 Å². The molecule has 3 aromatic rings. The van der Waals surface area contributed by atoms with E-state index < -0.39 is 6.10 Å². The van der Waals surface area contributed by atoms with E-state index in [0.29, 0.717) is 17.9 Å². The van der Waals surface area contributed by atoms with Crippen LogP contribution in [-0.2, 0) is 11.3 Å². The van der Waals surface area contributed by atoms with Gasteiger partial charge in [0.25, 0.3) is 5.91 Å². The fourth-order valence-electron chi connectivity index (χ4n) is 2.71. The molecule has 5 heteroatoms. The predicted octanol–water partition coefficient (Wildman–Crippen LogP) is 3.80. The van der Waals surface area contributed by atoms with Gasteiger partial charge in [0, 0.05) is 6.54 Å². The van der Waals surface area contributed by atoms with Gasteiger partial charge in [-0.3, -0.25) is 4.79 Å².